The number of anilines is 1. The first-order chi connectivity index (χ1) is 15.4. The minimum Gasteiger partial charge on any atom is -0.435 e. The van der Waals surface area contributed by atoms with E-state index in [9.17, 15) is 18.4 Å². The fourth-order valence-electron chi connectivity index (χ4n) is 3.07. The zero-order chi connectivity index (χ0) is 22.9. The van der Waals surface area contributed by atoms with Gasteiger partial charge in [-0.05, 0) is 47.5 Å². The van der Waals surface area contributed by atoms with Crippen LogP contribution in [-0.2, 0) is 11.2 Å². The topological polar surface area (TPSA) is 67.4 Å². The molecule has 0 bridgehead atoms. The summed E-state index contributed by atoms with van der Waals surface area (Å²) in [5.41, 5.74) is 3.19. The Morgan fingerprint density at radius 3 is 2.38 bits per heavy atom. The minimum atomic E-state index is -2.94. The van der Waals surface area contributed by atoms with Gasteiger partial charge in [0.05, 0.1) is 0 Å². The van der Waals surface area contributed by atoms with Crippen molar-refractivity contribution in [3.63, 3.8) is 0 Å². The van der Waals surface area contributed by atoms with Gasteiger partial charge < -0.3 is 15.4 Å². The summed E-state index contributed by atoms with van der Waals surface area (Å²) in [7, 11) is 1.55. The van der Waals surface area contributed by atoms with Gasteiger partial charge in [-0.3, -0.25) is 9.59 Å². The molecule has 0 unspecified atom stereocenters. The van der Waals surface area contributed by atoms with Crippen LogP contribution in [0.1, 0.15) is 27.0 Å². The van der Waals surface area contributed by atoms with Gasteiger partial charge in [0, 0.05) is 36.4 Å². The molecule has 0 heterocycles. The Hall–Kier alpha value is -4.00. The fraction of sp³-hybridized carbons (Fsp3) is 0.120. The molecular formula is C25H22F2N2O3. The third-order valence-electron chi connectivity index (χ3n) is 4.61. The van der Waals surface area contributed by atoms with Crippen LogP contribution in [0, 0.1) is 0 Å². The number of amides is 2. The van der Waals surface area contributed by atoms with Crippen LogP contribution in [-0.4, -0.2) is 25.5 Å². The summed E-state index contributed by atoms with van der Waals surface area (Å²) in [4.78, 5) is 23.9. The van der Waals surface area contributed by atoms with E-state index in [4.69, 9.17) is 0 Å². The van der Waals surface area contributed by atoms with Crippen molar-refractivity contribution in [2.75, 3.05) is 12.4 Å². The monoisotopic (exact) mass is 436 g/mol. The largest absolute Gasteiger partial charge is 0.435 e. The van der Waals surface area contributed by atoms with E-state index in [1.807, 2.05) is 30.3 Å². The van der Waals surface area contributed by atoms with Crippen LogP contribution in [0.25, 0.3) is 6.08 Å². The molecule has 3 rings (SSSR count). The molecule has 0 fully saturated rings. The summed E-state index contributed by atoms with van der Waals surface area (Å²) in [5.74, 6) is -0.508. The molecule has 0 spiro atoms. The molecule has 0 aliphatic carbocycles. The third kappa shape index (κ3) is 6.50. The van der Waals surface area contributed by atoms with Crippen LogP contribution in [0.4, 0.5) is 14.5 Å². The zero-order valence-electron chi connectivity index (χ0n) is 17.3. The van der Waals surface area contributed by atoms with E-state index in [1.165, 1.54) is 18.2 Å². The van der Waals surface area contributed by atoms with Crippen molar-refractivity contribution in [3.8, 4) is 5.75 Å². The lowest BCUT2D eigenvalue weighted by Gasteiger charge is -2.13. The van der Waals surface area contributed by atoms with Crippen molar-refractivity contribution < 1.29 is 23.1 Å². The Morgan fingerprint density at radius 2 is 1.72 bits per heavy atom. The highest BCUT2D eigenvalue weighted by Gasteiger charge is 2.12. The van der Waals surface area contributed by atoms with Crippen LogP contribution in [0.15, 0.2) is 78.9 Å². The Kier molecular flexibility index (Phi) is 7.70. The van der Waals surface area contributed by atoms with Gasteiger partial charge in [0.2, 0.25) is 5.91 Å². The Morgan fingerprint density at radius 1 is 1.00 bits per heavy atom. The van der Waals surface area contributed by atoms with Gasteiger partial charge in [0.25, 0.3) is 5.91 Å². The highest BCUT2D eigenvalue weighted by molar-refractivity contribution is 6.02. The second-order valence-corrected chi connectivity index (χ2v) is 6.89. The van der Waals surface area contributed by atoms with Gasteiger partial charge in [-0.15, -0.1) is 0 Å². The first-order valence-electron chi connectivity index (χ1n) is 9.87. The van der Waals surface area contributed by atoms with Crippen molar-refractivity contribution in [1.29, 1.82) is 0 Å². The maximum Gasteiger partial charge on any atom is 0.387 e. The van der Waals surface area contributed by atoms with Gasteiger partial charge in [0.15, 0.2) is 0 Å². The maximum atomic E-state index is 12.8. The molecule has 0 aliphatic rings. The summed E-state index contributed by atoms with van der Waals surface area (Å²) in [6.07, 6.45) is 3.34. The van der Waals surface area contributed by atoms with Crippen LogP contribution in [0.5, 0.6) is 5.75 Å². The number of halogens is 2. The lowest BCUT2D eigenvalue weighted by atomic mass is 10.0. The molecule has 164 valence electrons. The number of hydrogen-bond acceptors (Lipinski definition) is 3. The van der Waals surface area contributed by atoms with E-state index in [-0.39, 0.29) is 17.6 Å². The predicted molar refractivity (Wildman–Crippen MR) is 120 cm³/mol. The molecule has 3 aromatic carbocycles. The predicted octanol–water partition coefficient (Wildman–Crippen LogP) is 4.89. The molecule has 2 N–H and O–H groups in total. The summed E-state index contributed by atoms with van der Waals surface area (Å²) in [6, 6.07) is 20.7. The number of alkyl halides is 2. The van der Waals surface area contributed by atoms with Gasteiger partial charge in [-0.25, -0.2) is 0 Å². The summed E-state index contributed by atoms with van der Waals surface area (Å²) >= 11 is 0. The van der Waals surface area contributed by atoms with Crippen LogP contribution in [0.3, 0.4) is 0 Å². The third-order valence-corrected chi connectivity index (χ3v) is 4.61. The van der Waals surface area contributed by atoms with Crippen molar-refractivity contribution in [1.82, 2.24) is 5.32 Å². The lowest BCUT2D eigenvalue weighted by molar-refractivity contribution is -0.111. The molecule has 7 heteroatoms. The number of benzene rings is 3. The van der Waals surface area contributed by atoms with Crippen molar-refractivity contribution in [2.45, 2.75) is 13.0 Å². The standard InChI is InChI=1S/C25H22F2N2O3/c1-28-24(31)19-10-7-17(8-11-19)9-14-23(30)29-21-12-13-22(32-25(26)27)20(16-21)15-18-5-3-2-4-6-18/h2-14,16,25H,15H2,1H3,(H,28,31)(H,29,30). The highest BCUT2D eigenvalue weighted by Crippen LogP contribution is 2.27. The van der Waals surface area contributed by atoms with Crippen LogP contribution < -0.4 is 15.4 Å². The van der Waals surface area contributed by atoms with Crippen molar-refractivity contribution in [3.05, 3.63) is 101 Å². The first-order valence-corrected chi connectivity index (χ1v) is 9.87. The zero-order valence-corrected chi connectivity index (χ0v) is 17.3. The molecule has 0 saturated carbocycles. The summed E-state index contributed by atoms with van der Waals surface area (Å²) in [6.45, 7) is -2.94. The normalized spacial score (nSPS) is 10.9. The van der Waals surface area contributed by atoms with E-state index < -0.39 is 6.61 Å². The number of carbonyl (C=O) groups excluding carboxylic acids is 2. The summed E-state index contributed by atoms with van der Waals surface area (Å²) < 4.78 is 30.2. The molecule has 0 saturated heterocycles. The molecular weight excluding hydrogens is 414 g/mol. The van der Waals surface area contributed by atoms with Crippen LogP contribution in [0.2, 0.25) is 0 Å². The van der Waals surface area contributed by atoms with Crippen molar-refractivity contribution in [2.24, 2.45) is 0 Å². The number of ether oxygens (including phenoxy) is 1. The van der Waals surface area contributed by atoms with Gasteiger partial charge in [0.1, 0.15) is 5.75 Å². The summed E-state index contributed by atoms with van der Waals surface area (Å²) in [5, 5.41) is 5.27. The molecule has 0 atom stereocenters. The quantitative estimate of drug-likeness (QED) is 0.494. The minimum absolute atomic E-state index is 0.0635. The highest BCUT2D eigenvalue weighted by atomic mass is 19.3. The molecule has 0 aromatic heterocycles. The Bertz CT molecular complexity index is 1100. The van der Waals surface area contributed by atoms with Gasteiger partial charge in [-0.1, -0.05) is 42.5 Å². The lowest BCUT2D eigenvalue weighted by Crippen LogP contribution is -2.17. The van der Waals surface area contributed by atoms with E-state index in [0.717, 1.165) is 11.1 Å². The van der Waals surface area contributed by atoms with E-state index in [0.29, 0.717) is 23.2 Å². The number of hydrogen-bond donors (Lipinski definition) is 2. The van der Waals surface area contributed by atoms with E-state index in [2.05, 4.69) is 15.4 Å². The molecule has 32 heavy (non-hydrogen) atoms. The SMILES string of the molecule is CNC(=O)c1ccc(C=CC(=O)Nc2ccc(OC(F)F)c(Cc3ccccc3)c2)cc1. The van der Waals surface area contributed by atoms with Gasteiger partial charge in [-0.2, -0.15) is 8.78 Å². The Labute approximate surface area is 184 Å². The average molecular weight is 436 g/mol. The number of nitrogens with one attached hydrogen (secondary N) is 2. The number of carbonyl (C=O) groups is 2. The van der Waals surface area contributed by atoms with E-state index >= 15 is 0 Å². The molecule has 2 amide bonds. The average Bonchev–Trinajstić information content (AvgIpc) is 2.79. The van der Waals surface area contributed by atoms with Crippen LogP contribution >= 0.6 is 0 Å². The van der Waals surface area contributed by atoms with Gasteiger partial charge >= 0.3 is 6.61 Å². The molecule has 3 aromatic rings. The van der Waals surface area contributed by atoms with E-state index in [1.54, 1.807) is 43.5 Å². The second kappa shape index (κ2) is 10.9. The second-order valence-electron chi connectivity index (χ2n) is 6.89. The van der Waals surface area contributed by atoms with Crippen molar-refractivity contribution >= 4 is 23.6 Å². The smallest absolute Gasteiger partial charge is 0.387 e. The molecule has 5 nitrogen and oxygen atoms in total. The Balaban J connectivity index is 1.71. The molecule has 0 radical (unpaired) electrons. The maximum absolute atomic E-state index is 12.8. The fourth-order valence-corrected chi connectivity index (χ4v) is 3.07. The number of rotatable bonds is 8. The molecule has 0 aliphatic heterocycles. The first kappa shape index (κ1) is 22.7.